The molecule has 0 unspecified atom stereocenters. The highest BCUT2D eigenvalue weighted by molar-refractivity contribution is 6.34. The predicted octanol–water partition coefficient (Wildman–Crippen LogP) is 4.48. The van der Waals surface area contributed by atoms with Crippen LogP contribution in [0.2, 0.25) is 10.0 Å². The van der Waals surface area contributed by atoms with Crippen molar-refractivity contribution < 1.29 is 9.53 Å². The second-order valence-corrected chi connectivity index (χ2v) is 4.71. The molecule has 102 valence electrons. The van der Waals surface area contributed by atoms with E-state index in [0.717, 1.165) is 6.54 Å². The van der Waals surface area contributed by atoms with Gasteiger partial charge in [-0.3, -0.25) is 0 Å². The molecule has 1 amide bonds. The summed E-state index contributed by atoms with van der Waals surface area (Å²) in [5.74, 6) is 0. The lowest BCUT2D eigenvalue weighted by Crippen LogP contribution is -2.31. The monoisotopic (exact) mass is 291 g/mol. The van der Waals surface area contributed by atoms with Crippen LogP contribution in [0.5, 0.6) is 0 Å². The Morgan fingerprint density at radius 1 is 1.28 bits per heavy atom. The van der Waals surface area contributed by atoms with Crippen LogP contribution in [0.25, 0.3) is 0 Å². The van der Waals surface area contributed by atoms with Gasteiger partial charge in [-0.1, -0.05) is 36.7 Å². The molecule has 3 nitrogen and oxygen atoms in total. The van der Waals surface area contributed by atoms with E-state index in [1.165, 1.54) is 0 Å². The zero-order valence-electron chi connectivity index (χ0n) is 9.82. The van der Waals surface area contributed by atoms with E-state index in [1.807, 2.05) is 19.9 Å². The van der Waals surface area contributed by atoms with Crippen LogP contribution in [0, 0.1) is 0 Å². The van der Waals surface area contributed by atoms with E-state index < -0.39 is 0 Å². The molecular formula is C13H19Cl2NO2. The molecule has 0 N–H and O–H groups in total. The molecule has 1 saturated heterocycles. The van der Waals surface area contributed by atoms with Crippen LogP contribution in [0.1, 0.15) is 21.3 Å². The lowest BCUT2D eigenvalue weighted by molar-refractivity contribution is 0.152. The van der Waals surface area contributed by atoms with E-state index in [-0.39, 0.29) is 19.6 Å². The van der Waals surface area contributed by atoms with Gasteiger partial charge in [-0.2, -0.15) is 0 Å². The molecule has 5 heteroatoms. The van der Waals surface area contributed by atoms with Gasteiger partial charge < -0.3 is 9.64 Å². The molecular weight excluding hydrogens is 273 g/mol. The Balaban J connectivity index is 0.000000306. The number of carbonyl (C=O) groups is 1. The molecule has 1 aliphatic heterocycles. The number of carbonyl (C=O) groups excluding carboxylic acids is 1. The number of hydrogen-bond donors (Lipinski definition) is 0. The number of nitrogens with zero attached hydrogens (tertiary/aromatic N) is 1. The molecule has 1 fully saturated rings. The maximum absolute atomic E-state index is 10.7. The molecule has 0 spiro atoms. The molecule has 0 atom stereocenters. The van der Waals surface area contributed by atoms with Gasteiger partial charge in [0, 0.05) is 16.1 Å². The van der Waals surface area contributed by atoms with Crippen molar-refractivity contribution in [1.82, 2.24) is 4.90 Å². The highest BCUT2D eigenvalue weighted by atomic mass is 35.5. The summed E-state index contributed by atoms with van der Waals surface area (Å²) in [6, 6.07) is 7.36. The minimum absolute atomic E-state index is 0. The fourth-order valence-corrected chi connectivity index (χ4v) is 1.77. The maximum Gasteiger partial charge on any atom is 0.410 e. The third-order valence-corrected chi connectivity index (χ3v) is 2.67. The van der Waals surface area contributed by atoms with E-state index in [4.69, 9.17) is 27.9 Å². The zero-order valence-corrected chi connectivity index (χ0v) is 11.3. The average molecular weight is 292 g/mol. The van der Waals surface area contributed by atoms with Crippen LogP contribution in [-0.2, 0) is 4.74 Å². The number of amides is 1. The van der Waals surface area contributed by atoms with Gasteiger partial charge in [-0.05, 0) is 32.0 Å². The molecule has 1 aliphatic rings. The van der Waals surface area contributed by atoms with Gasteiger partial charge in [0.2, 0.25) is 0 Å². The summed E-state index contributed by atoms with van der Waals surface area (Å²) in [5, 5.41) is 1.36. The molecule has 1 aromatic rings. The lowest BCUT2D eigenvalue weighted by atomic mass is 10.3. The van der Waals surface area contributed by atoms with Crippen molar-refractivity contribution >= 4 is 29.3 Å². The minimum Gasteiger partial charge on any atom is -0.448 e. The van der Waals surface area contributed by atoms with Crippen molar-refractivity contribution in [3.63, 3.8) is 0 Å². The number of benzene rings is 1. The van der Waals surface area contributed by atoms with Crippen LogP contribution in [0.3, 0.4) is 0 Å². The van der Waals surface area contributed by atoms with Crippen molar-refractivity contribution in [2.45, 2.75) is 27.3 Å². The highest BCUT2D eigenvalue weighted by Crippen LogP contribution is 2.14. The van der Waals surface area contributed by atoms with Crippen LogP contribution >= 0.6 is 23.2 Å². The van der Waals surface area contributed by atoms with Gasteiger partial charge in [-0.15, -0.1) is 0 Å². The summed E-state index contributed by atoms with van der Waals surface area (Å²) in [7, 11) is 0. The number of cyclic esters (lactones) is 1. The number of halogens is 2. The third-order valence-electron chi connectivity index (χ3n) is 2.20. The Kier molecular flexibility index (Phi) is 7.80. The van der Waals surface area contributed by atoms with Crippen LogP contribution in [0.4, 0.5) is 4.79 Å². The molecule has 18 heavy (non-hydrogen) atoms. The minimum atomic E-state index is -0.176. The first kappa shape index (κ1) is 17.1. The molecule has 0 saturated carbocycles. The molecule has 2 rings (SSSR count). The van der Waals surface area contributed by atoms with E-state index in [0.29, 0.717) is 16.7 Å². The first-order valence-electron chi connectivity index (χ1n) is 5.35. The SMILES string of the molecule is C.CC(C)N1CCOC1=O.Clc1cccc(Cl)c1. The molecule has 0 aromatic heterocycles. The second-order valence-electron chi connectivity index (χ2n) is 3.84. The first-order valence-corrected chi connectivity index (χ1v) is 6.10. The van der Waals surface area contributed by atoms with Crippen molar-refractivity contribution in [1.29, 1.82) is 0 Å². The van der Waals surface area contributed by atoms with E-state index in [2.05, 4.69) is 0 Å². The van der Waals surface area contributed by atoms with E-state index in [9.17, 15) is 4.79 Å². The largest absolute Gasteiger partial charge is 0.448 e. The Morgan fingerprint density at radius 3 is 2.06 bits per heavy atom. The fraction of sp³-hybridized carbons (Fsp3) is 0.462. The van der Waals surface area contributed by atoms with E-state index in [1.54, 1.807) is 23.1 Å². The predicted molar refractivity (Wildman–Crippen MR) is 76.4 cm³/mol. The van der Waals surface area contributed by atoms with Gasteiger partial charge in [0.25, 0.3) is 0 Å². The molecule has 0 radical (unpaired) electrons. The van der Waals surface area contributed by atoms with Gasteiger partial charge >= 0.3 is 6.09 Å². The van der Waals surface area contributed by atoms with Gasteiger partial charge in [0.1, 0.15) is 6.61 Å². The van der Waals surface area contributed by atoms with Crippen molar-refractivity contribution in [3.05, 3.63) is 34.3 Å². The summed E-state index contributed by atoms with van der Waals surface area (Å²) in [5.41, 5.74) is 0. The average Bonchev–Trinajstić information content (AvgIpc) is 2.65. The Morgan fingerprint density at radius 2 is 1.83 bits per heavy atom. The topological polar surface area (TPSA) is 29.5 Å². The molecule has 0 bridgehead atoms. The van der Waals surface area contributed by atoms with Crippen molar-refractivity contribution in [2.75, 3.05) is 13.2 Å². The molecule has 0 aliphatic carbocycles. The number of hydrogen-bond acceptors (Lipinski definition) is 2. The molecule has 1 aromatic carbocycles. The highest BCUT2D eigenvalue weighted by Gasteiger charge is 2.23. The zero-order chi connectivity index (χ0) is 12.8. The Hall–Kier alpha value is -0.930. The standard InChI is InChI=1S/C6H4Cl2.C6H11NO2.CH4/c7-5-2-1-3-6(8)4-5;1-5(2)7-3-4-9-6(7)8;/h1-4H;5H,3-4H2,1-2H3;1H4. The first-order chi connectivity index (χ1) is 8.00. The van der Waals surface area contributed by atoms with Crippen LogP contribution in [-0.4, -0.2) is 30.2 Å². The summed E-state index contributed by atoms with van der Waals surface area (Å²) >= 11 is 11.1. The van der Waals surface area contributed by atoms with E-state index >= 15 is 0 Å². The summed E-state index contributed by atoms with van der Waals surface area (Å²) in [6.07, 6.45) is -0.176. The van der Waals surface area contributed by atoms with Crippen molar-refractivity contribution in [2.24, 2.45) is 0 Å². The normalized spacial score (nSPS) is 13.6. The maximum atomic E-state index is 10.7. The summed E-state index contributed by atoms with van der Waals surface area (Å²) in [4.78, 5) is 12.4. The lowest BCUT2D eigenvalue weighted by Gasteiger charge is -2.15. The molecule has 1 heterocycles. The van der Waals surface area contributed by atoms with Gasteiger partial charge in [0.05, 0.1) is 6.54 Å². The smallest absolute Gasteiger partial charge is 0.410 e. The van der Waals surface area contributed by atoms with Gasteiger partial charge in [-0.25, -0.2) is 4.79 Å². The van der Waals surface area contributed by atoms with Crippen molar-refractivity contribution in [3.8, 4) is 0 Å². The van der Waals surface area contributed by atoms with Crippen LogP contribution < -0.4 is 0 Å². The van der Waals surface area contributed by atoms with Gasteiger partial charge in [0.15, 0.2) is 0 Å². The third kappa shape index (κ3) is 5.61. The number of ether oxygens (including phenoxy) is 1. The second kappa shape index (κ2) is 8.22. The Bertz CT molecular complexity index is 366. The summed E-state index contributed by atoms with van der Waals surface area (Å²) < 4.78 is 4.71. The fourth-order valence-electron chi connectivity index (χ4n) is 1.33. The quantitative estimate of drug-likeness (QED) is 0.764. The Labute approximate surface area is 119 Å². The summed E-state index contributed by atoms with van der Waals surface area (Å²) in [6.45, 7) is 5.26. The number of rotatable bonds is 1. The van der Waals surface area contributed by atoms with Crippen LogP contribution in [0.15, 0.2) is 24.3 Å².